The minimum atomic E-state index is -0.274. The number of H-pyrrole nitrogens is 1. The molecule has 2 aromatic carbocycles. The van der Waals surface area contributed by atoms with Crippen molar-refractivity contribution >= 4 is 22.7 Å². The fraction of sp³-hybridized carbons (Fsp3) is 0.400. The molecule has 9 heteroatoms. The number of phenolic OH excluding ortho intramolecular Hbond substituents is 1. The molecule has 0 unspecified atom stereocenters. The van der Waals surface area contributed by atoms with Gasteiger partial charge >= 0.3 is 0 Å². The molecule has 9 nitrogen and oxygen atoms in total. The van der Waals surface area contributed by atoms with E-state index < -0.39 is 0 Å². The van der Waals surface area contributed by atoms with Crippen molar-refractivity contribution in [2.75, 3.05) is 27.2 Å². The zero-order chi connectivity index (χ0) is 24.4. The van der Waals surface area contributed by atoms with Crippen LogP contribution in [-0.4, -0.2) is 70.2 Å². The van der Waals surface area contributed by atoms with Crippen LogP contribution in [-0.2, 0) is 24.4 Å². The van der Waals surface area contributed by atoms with E-state index in [2.05, 4.69) is 15.5 Å². The second-order valence-corrected chi connectivity index (χ2v) is 9.15. The number of ether oxygens (including phenoxy) is 1. The number of fused-ring (bicyclic) bond motifs is 2. The van der Waals surface area contributed by atoms with Gasteiger partial charge in [-0.3, -0.25) is 14.7 Å². The summed E-state index contributed by atoms with van der Waals surface area (Å²) in [6.45, 7) is 6.35. The summed E-state index contributed by atoms with van der Waals surface area (Å²) in [6, 6.07) is 8.69. The van der Waals surface area contributed by atoms with Crippen LogP contribution in [0.4, 0.5) is 0 Å². The van der Waals surface area contributed by atoms with Gasteiger partial charge in [-0.05, 0) is 57.3 Å². The van der Waals surface area contributed by atoms with E-state index in [0.29, 0.717) is 37.3 Å². The molecule has 0 saturated heterocycles. The molecule has 1 aromatic heterocycles. The Morgan fingerprint density at radius 2 is 1.97 bits per heavy atom. The summed E-state index contributed by atoms with van der Waals surface area (Å²) in [4.78, 5) is 29.5. The van der Waals surface area contributed by atoms with Crippen molar-refractivity contribution in [3.63, 3.8) is 0 Å². The molecule has 0 fully saturated rings. The van der Waals surface area contributed by atoms with Crippen molar-refractivity contribution in [2.24, 2.45) is 0 Å². The molecule has 34 heavy (non-hydrogen) atoms. The van der Waals surface area contributed by atoms with E-state index in [1.165, 1.54) is 6.07 Å². The van der Waals surface area contributed by atoms with Gasteiger partial charge in [-0.15, -0.1) is 0 Å². The van der Waals surface area contributed by atoms with Crippen LogP contribution in [0.5, 0.6) is 5.75 Å². The number of likely N-dealkylation sites (N-methyl/N-ethyl adjacent to an activating group) is 1. The fourth-order valence-electron chi connectivity index (χ4n) is 3.98. The lowest BCUT2D eigenvalue weighted by Gasteiger charge is -2.16. The second-order valence-electron chi connectivity index (χ2n) is 9.15. The molecule has 3 aromatic rings. The maximum absolute atomic E-state index is 13.3. The summed E-state index contributed by atoms with van der Waals surface area (Å²) in [7, 11) is 3.91. The van der Waals surface area contributed by atoms with Gasteiger partial charge in [0.2, 0.25) is 0 Å². The average molecular weight is 466 g/mol. The monoisotopic (exact) mass is 465 g/mol. The summed E-state index contributed by atoms with van der Waals surface area (Å²) >= 11 is 0. The summed E-state index contributed by atoms with van der Waals surface area (Å²) in [5.41, 5.74) is 4.05. The number of carbonyl (C=O) groups excluding carboxylic acids is 2. The zero-order valence-corrected chi connectivity index (χ0v) is 20.0. The lowest BCUT2D eigenvalue weighted by Crippen LogP contribution is -2.31. The lowest BCUT2D eigenvalue weighted by atomic mass is 10.1. The molecule has 2 amide bonds. The van der Waals surface area contributed by atoms with E-state index in [9.17, 15) is 14.7 Å². The number of aromatic hydroxyl groups is 1. The Kier molecular flexibility index (Phi) is 6.85. The maximum atomic E-state index is 13.3. The van der Waals surface area contributed by atoms with E-state index in [0.717, 1.165) is 28.8 Å². The van der Waals surface area contributed by atoms with Crippen LogP contribution in [0, 0.1) is 0 Å². The highest BCUT2D eigenvalue weighted by atomic mass is 16.5. The van der Waals surface area contributed by atoms with Gasteiger partial charge in [0.1, 0.15) is 5.75 Å². The Morgan fingerprint density at radius 3 is 2.71 bits per heavy atom. The van der Waals surface area contributed by atoms with Crippen LogP contribution >= 0.6 is 0 Å². The molecule has 3 N–H and O–H groups in total. The highest BCUT2D eigenvalue weighted by Gasteiger charge is 2.27. The highest BCUT2D eigenvalue weighted by Crippen LogP contribution is 2.31. The molecule has 0 bridgehead atoms. The first-order valence-corrected chi connectivity index (χ1v) is 11.4. The Bertz CT molecular complexity index is 1220. The molecule has 180 valence electrons. The number of phenols is 1. The smallest absolute Gasteiger partial charge is 0.258 e. The van der Waals surface area contributed by atoms with E-state index in [1.54, 1.807) is 17.0 Å². The van der Waals surface area contributed by atoms with Crippen LogP contribution in [0.3, 0.4) is 0 Å². The van der Waals surface area contributed by atoms with Crippen LogP contribution in [0.2, 0.25) is 0 Å². The van der Waals surface area contributed by atoms with Crippen LogP contribution in [0.25, 0.3) is 10.9 Å². The summed E-state index contributed by atoms with van der Waals surface area (Å²) in [5.74, 6) is -0.518. The molecular formula is C25H31N5O4. The zero-order valence-electron chi connectivity index (χ0n) is 20.0. The molecule has 4 rings (SSSR count). The van der Waals surface area contributed by atoms with Crippen LogP contribution in [0.1, 0.15) is 51.4 Å². The maximum Gasteiger partial charge on any atom is 0.258 e. The number of nitrogens with one attached hydrogen (secondary N) is 2. The largest absolute Gasteiger partial charge is 0.507 e. The quantitative estimate of drug-likeness (QED) is 0.472. The van der Waals surface area contributed by atoms with Crippen molar-refractivity contribution < 1.29 is 19.4 Å². The van der Waals surface area contributed by atoms with Gasteiger partial charge in [0, 0.05) is 43.2 Å². The number of amides is 2. The predicted octanol–water partition coefficient (Wildman–Crippen LogP) is 2.64. The third-order valence-corrected chi connectivity index (χ3v) is 5.86. The Labute approximate surface area is 198 Å². The molecule has 1 aliphatic rings. The minimum absolute atomic E-state index is 0.0552. The van der Waals surface area contributed by atoms with Crippen LogP contribution in [0.15, 0.2) is 30.3 Å². The van der Waals surface area contributed by atoms with Gasteiger partial charge in [0.25, 0.3) is 11.8 Å². The second kappa shape index (κ2) is 9.82. The Hall–Kier alpha value is -3.43. The molecule has 0 atom stereocenters. The van der Waals surface area contributed by atoms with E-state index in [-0.39, 0.29) is 29.2 Å². The third kappa shape index (κ3) is 5.05. The minimum Gasteiger partial charge on any atom is -0.507 e. The van der Waals surface area contributed by atoms with Crippen molar-refractivity contribution in [3.8, 4) is 5.75 Å². The molecule has 0 aliphatic carbocycles. The normalized spacial score (nSPS) is 13.2. The van der Waals surface area contributed by atoms with Gasteiger partial charge in [0.05, 0.1) is 29.5 Å². The van der Waals surface area contributed by atoms with Crippen LogP contribution < -0.4 is 5.32 Å². The summed E-state index contributed by atoms with van der Waals surface area (Å²) < 4.78 is 5.67. The lowest BCUT2D eigenvalue weighted by molar-refractivity contribution is 0.0642. The summed E-state index contributed by atoms with van der Waals surface area (Å²) in [5, 5.41) is 21.3. The third-order valence-electron chi connectivity index (χ3n) is 5.86. The van der Waals surface area contributed by atoms with E-state index in [1.807, 2.05) is 45.0 Å². The number of aromatic nitrogens is 2. The molecule has 1 aliphatic heterocycles. The van der Waals surface area contributed by atoms with Gasteiger partial charge < -0.3 is 25.0 Å². The number of hydrogen-bond donors (Lipinski definition) is 3. The fourth-order valence-corrected chi connectivity index (χ4v) is 3.98. The van der Waals surface area contributed by atoms with Crippen molar-refractivity contribution in [1.82, 2.24) is 25.3 Å². The van der Waals surface area contributed by atoms with Gasteiger partial charge in [-0.1, -0.05) is 6.07 Å². The van der Waals surface area contributed by atoms with E-state index in [4.69, 9.17) is 4.74 Å². The molecule has 2 heterocycles. The van der Waals surface area contributed by atoms with Crippen molar-refractivity contribution in [2.45, 2.75) is 39.6 Å². The standard InChI is InChI=1S/C25H31N5O4/c1-15(2)34-14-22-19-10-20(23(31)11-21(19)27-28-22)25(33)30-12-17-6-5-16(9-18(17)13-30)24(32)26-7-8-29(3)4/h5-6,9-11,15,31H,7-8,12-14H2,1-4H3,(H,26,32)(H,27,28). The topological polar surface area (TPSA) is 111 Å². The molecular weight excluding hydrogens is 434 g/mol. The average Bonchev–Trinajstić information content (AvgIpc) is 3.39. The number of benzene rings is 2. The van der Waals surface area contributed by atoms with Gasteiger partial charge in [0.15, 0.2) is 0 Å². The SMILES string of the molecule is CC(C)OCc1[nH]nc2cc(O)c(C(=O)N3Cc4ccc(C(=O)NCCN(C)C)cc4C3)cc12. The number of rotatable bonds is 8. The number of hydrogen-bond acceptors (Lipinski definition) is 6. The molecule has 0 spiro atoms. The van der Waals surface area contributed by atoms with Gasteiger partial charge in [-0.25, -0.2) is 0 Å². The Balaban J connectivity index is 1.50. The number of nitrogens with zero attached hydrogens (tertiary/aromatic N) is 3. The van der Waals surface area contributed by atoms with Gasteiger partial charge in [-0.2, -0.15) is 5.10 Å². The first-order valence-electron chi connectivity index (χ1n) is 11.4. The number of aromatic amines is 1. The van der Waals surface area contributed by atoms with Crippen molar-refractivity contribution in [3.05, 3.63) is 58.3 Å². The summed E-state index contributed by atoms with van der Waals surface area (Å²) in [6.07, 6.45) is 0.0552. The first kappa shape index (κ1) is 23.7. The molecule has 0 radical (unpaired) electrons. The first-order chi connectivity index (χ1) is 16.2. The van der Waals surface area contributed by atoms with E-state index >= 15 is 0 Å². The highest BCUT2D eigenvalue weighted by molar-refractivity contribution is 6.01. The Morgan fingerprint density at radius 1 is 1.21 bits per heavy atom. The van der Waals surface area contributed by atoms with Crippen molar-refractivity contribution in [1.29, 1.82) is 0 Å². The number of carbonyl (C=O) groups is 2. The predicted molar refractivity (Wildman–Crippen MR) is 129 cm³/mol. The molecule has 0 saturated carbocycles.